The summed E-state index contributed by atoms with van der Waals surface area (Å²) in [6, 6.07) is 0. The molecule has 0 aromatic heterocycles. The average molecular weight is 359 g/mol. The molecule has 0 atom stereocenters. The molecule has 0 nitrogen and oxygen atoms in total. The summed E-state index contributed by atoms with van der Waals surface area (Å²) >= 11 is -0.694. The first kappa shape index (κ1) is 18.7. The van der Waals surface area contributed by atoms with Crippen LogP contribution in [0.15, 0.2) is 0 Å². The molecule has 0 heterocycles. The van der Waals surface area contributed by atoms with Crippen molar-refractivity contribution in [2.24, 2.45) is 0 Å². The quantitative estimate of drug-likeness (QED) is 0.580. The molecule has 0 aromatic carbocycles. The Morgan fingerprint density at radius 1 is 0.909 bits per heavy atom. The zero-order chi connectivity index (χ0) is 9.86. The van der Waals surface area contributed by atoms with Gasteiger partial charge in [-0.1, -0.05) is 0 Å². The van der Waals surface area contributed by atoms with Crippen molar-refractivity contribution in [3.8, 4) is 0 Å². The van der Waals surface area contributed by atoms with Gasteiger partial charge < -0.3 is 0 Å². The van der Waals surface area contributed by atoms with Crippen molar-refractivity contribution in [2.75, 3.05) is 0 Å². The molecule has 0 aliphatic carbocycles. The number of rotatable bonds is 0. The summed E-state index contributed by atoms with van der Waals surface area (Å²) in [7, 11) is 5.44. The van der Waals surface area contributed by atoms with Gasteiger partial charge in [-0.05, 0) is 0 Å². The average Bonchev–Trinajstić information content (AvgIpc) is 1.60. The molecule has 0 aromatic rings. The summed E-state index contributed by atoms with van der Waals surface area (Å²) in [5.74, 6) is 15.7. The molecule has 0 saturated carbocycles. The Hall–Kier alpha value is 1.92. The monoisotopic (exact) mass is 362 g/mol. The number of hydrogen-bond acceptors (Lipinski definition) is 0. The Morgan fingerprint density at radius 2 is 0.909 bits per heavy atom. The van der Waals surface area contributed by atoms with E-state index < -0.39 is 13.4 Å². The molecule has 0 rings (SSSR count). The Labute approximate surface area is 92.7 Å². The molecule has 4 heteroatoms. The summed E-state index contributed by atoms with van der Waals surface area (Å²) in [4.78, 5) is 0. The van der Waals surface area contributed by atoms with Crippen LogP contribution in [0.2, 0.25) is 40.3 Å². The zero-order valence-electron chi connectivity index (χ0n) is 8.88. The van der Waals surface area contributed by atoms with Crippen LogP contribution in [0.25, 0.3) is 0 Å². The van der Waals surface area contributed by atoms with E-state index >= 15 is 0 Å². The van der Waals surface area contributed by atoms with Crippen molar-refractivity contribution in [3.63, 3.8) is 0 Å². The van der Waals surface area contributed by atoms with Gasteiger partial charge in [0.1, 0.15) is 0 Å². The van der Waals surface area contributed by atoms with Crippen LogP contribution in [0.4, 0.5) is 0 Å². The second-order valence-corrected chi connectivity index (χ2v) is 18.9. The summed E-state index contributed by atoms with van der Waals surface area (Å²) in [6.07, 6.45) is 0. The van der Waals surface area contributed by atoms with Gasteiger partial charge in [-0.25, -0.2) is 0 Å². The summed E-state index contributed by atoms with van der Waals surface area (Å²) in [5, 5.41) is 0. The topological polar surface area (TPSA) is 0 Å². The molecule has 0 N–H and O–H groups in total. The first-order valence-corrected chi connectivity index (χ1v) is 21.1. The van der Waals surface area contributed by atoms with Gasteiger partial charge in [0.05, 0.1) is 0 Å². The predicted molar refractivity (Wildman–Crippen MR) is 64.2 cm³/mol. The molecular weight excluding hydrogens is 337 g/mol. The maximum atomic E-state index is 5.44. The van der Waals surface area contributed by atoms with Crippen molar-refractivity contribution >= 4 is 53.2 Å². The van der Waals surface area contributed by atoms with Crippen molar-refractivity contribution < 1.29 is 0 Å². The molecule has 0 amide bonds. The standard InChI is InChI=1S/C3H9Ge.C2H6ClGe.C2H6Ge/c2*1-4(2)3;1-3-2/h1-3H3;1-2H3;1-2H3. The fourth-order valence-corrected chi connectivity index (χ4v) is 0. The molecule has 4 radical (unpaired) electrons. The van der Waals surface area contributed by atoms with Crippen molar-refractivity contribution in [2.45, 2.75) is 40.3 Å². The second-order valence-electron chi connectivity index (χ2n) is 2.88. The molecule has 0 saturated heterocycles. The van der Waals surface area contributed by atoms with Crippen molar-refractivity contribution in [3.05, 3.63) is 0 Å². The van der Waals surface area contributed by atoms with Crippen LogP contribution in [0.5, 0.6) is 0 Å². The van der Waals surface area contributed by atoms with Crippen LogP contribution >= 0.6 is 10.0 Å². The molecular formula is C7H21ClGe3. The SMILES string of the molecule is [CH3][Ge]([CH3])[CH3].[CH3][Ge]([CH3])[Cl].[CH3][Ge][CH3]. The Morgan fingerprint density at radius 3 is 0.909 bits per heavy atom. The molecule has 0 unspecified atom stereocenters. The van der Waals surface area contributed by atoms with Crippen molar-refractivity contribution in [1.82, 2.24) is 0 Å². The van der Waals surface area contributed by atoms with Crippen LogP contribution in [-0.2, 0) is 0 Å². The van der Waals surface area contributed by atoms with Gasteiger partial charge in [-0.2, -0.15) is 0 Å². The third-order valence-electron chi connectivity index (χ3n) is 0. The van der Waals surface area contributed by atoms with Crippen LogP contribution in [0.1, 0.15) is 0 Å². The summed E-state index contributed by atoms with van der Waals surface area (Å²) in [5.41, 5.74) is 0. The fraction of sp³-hybridized carbons (Fsp3) is 1.00. The number of hydrogen-bond donors (Lipinski definition) is 0. The fourth-order valence-electron chi connectivity index (χ4n) is 0. The van der Waals surface area contributed by atoms with Gasteiger partial charge in [-0.3, -0.25) is 0 Å². The second kappa shape index (κ2) is 17.9. The molecule has 11 heavy (non-hydrogen) atoms. The molecule has 0 fully saturated rings. The summed E-state index contributed by atoms with van der Waals surface area (Å²) < 4.78 is 0. The van der Waals surface area contributed by atoms with Crippen LogP contribution in [-0.4, -0.2) is 43.2 Å². The van der Waals surface area contributed by atoms with Crippen LogP contribution in [0, 0.1) is 0 Å². The predicted octanol–water partition coefficient (Wildman–Crippen LogP) is 3.63. The van der Waals surface area contributed by atoms with E-state index in [4.69, 9.17) is 10.0 Å². The normalized spacial score (nSPS) is 8.18. The Kier molecular flexibility index (Phi) is 30.3. The van der Waals surface area contributed by atoms with E-state index in [9.17, 15) is 0 Å². The van der Waals surface area contributed by atoms with E-state index in [1.807, 2.05) is 0 Å². The minimum atomic E-state index is -0.861. The van der Waals surface area contributed by atoms with Gasteiger partial charge in [-0.15, -0.1) is 0 Å². The van der Waals surface area contributed by atoms with E-state index in [1.165, 1.54) is 0 Å². The van der Waals surface area contributed by atoms with E-state index in [0.29, 0.717) is 15.4 Å². The first-order chi connectivity index (χ1) is 4.88. The maximum absolute atomic E-state index is 5.44. The summed E-state index contributed by atoms with van der Waals surface area (Å²) in [6.45, 7) is 0. The van der Waals surface area contributed by atoms with Gasteiger partial charge in [0, 0.05) is 0 Å². The molecule has 0 spiro atoms. The van der Waals surface area contributed by atoms with Gasteiger partial charge >= 0.3 is 93.5 Å². The van der Waals surface area contributed by atoms with E-state index in [2.05, 4.69) is 40.3 Å². The minimum absolute atomic E-state index is 0.333. The molecule has 0 aliphatic rings. The molecule has 68 valence electrons. The Balaban J connectivity index is -0.0000000886. The van der Waals surface area contributed by atoms with E-state index in [-0.39, 0.29) is 14.3 Å². The Bertz CT molecular complexity index is 37.4. The third kappa shape index (κ3) is 319. The molecule has 0 aliphatic heterocycles. The van der Waals surface area contributed by atoms with Gasteiger partial charge in [0.2, 0.25) is 0 Å². The molecule has 0 bridgehead atoms. The zero-order valence-corrected chi connectivity index (χ0v) is 15.9. The van der Waals surface area contributed by atoms with Gasteiger partial charge in [0.25, 0.3) is 0 Å². The third-order valence-corrected chi connectivity index (χ3v) is 0. The number of halogens is 1. The van der Waals surface area contributed by atoms with E-state index in [1.54, 1.807) is 0 Å². The first-order valence-electron chi connectivity index (χ1n) is 3.69. The van der Waals surface area contributed by atoms with E-state index in [0.717, 1.165) is 0 Å². The van der Waals surface area contributed by atoms with Crippen LogP contribution in [0.3, 0.4) is 0 Å². The van der Waals surface area contributed by atoms with Crippen molar-refractivity contribution in [1.29, 1.82) is 0 Å². The van der Waals surface area contributed by atoms with Gasteiger partial charge in [0.15, 0.2) is 0 Å². The van der Waals surface area contributed by atoms with Crippen LogP contribution < -0.4 is 0 Å².